The highest BCUT2D eigenvalue weighted by Crippen LogP contribution is 2.26. The van der Waals surface area contributed by atoms with Gasteiger partial charge in [-0.15, -0.1) is 24.0 Å². The Kier molecular flexibility index (Phi) is 6.44. The van der Waals surface area contributed by atoms with E-state index in [9.17, 15) is 0 Å². The van der Waals surface area contributed by atoms with Crippen molar-refractivity contribution in [1.29, 1.82) is 0 Å². The summed E-state index contributed by atoms with van der Waals surface area (Å²) in [5, 5.41) is 3.42. The lowest BCUT2D eigenvalue weighted by Crippen LogP contribution is -2.39. The number of aromatic nitrogens is 2. The van der Waals surface area contributed by atoms with Gasteiger partial charge < -0.3 is 14.8 Å². The van der Waals surface area contributed by atoms with E-state index in [-0.39, 0.29) is 24.0 Å². The molecule has 1 aliphatic rings. The molecule has 1 aliphatic heterocycles. The molecule has 0 amide bonds. The molecule has 2 aromatic rings. The fourth-order valence-electron chi connectivity index (χ4n) is 3.01. The van der Waals surface area contributed by atoms with Crippen LogP contribution in [-0.2, 0) is 13.6 Å². The summed E-state index contributed by atoms with van der Waals surface area (Å²) in [5.74, 6) is 2.56. The summed E-state index contributed by atoms with van der Waals surface area (Å²) >= 11 is 0. The summed E-state index contributed by atoms with van der Waals surface area (Å²) in [6, 6.07) is 10.7. The lowest BCUT2D eigenvalue weighted by molar-refractivity contribution is 0.483. The Morgan fingerprint density at radius 3 is 2.78 bits per heavy atom. The van der Waals surface area contributed by atoms with Crippen LogP contribution in [-0.4, -0.2) is 40.5 Å². The van der Waals surface area contributed by atoms with Gasteiger partial charge in [0, 0.05) is 45.5 Å². The minimum absolute atomic E-state index is 0. The van der Waals surface area contributed by atoms with Crippen LogP contribution in [0.3, 0.4) is 0 Å². The summed E-state index contributed by atoms with van der Waals surface area (Å²) in [5.41, 5.74) is 1.42. The summed E-state index contributed by atoms with van der Waals surface area (Å²) in [4.78, 5) is 11.1. The van der Waals surface area contributed by atoms with Crippen molar-refractivity contribution in [2.75, 3.05) is 20.1 Å². The Labute approximate surface area is 154 Å². The average Bonchev–Trinajstić information content (AvgIpc) is 3.19. The van der Waals surface area contributed by atoms with Crippen molar-refractivity contribution in [2.45, 2.75) is 18.9 Å². The Morgan fingerprint density at radius 1 is 1.35 bits per heavy atom. The molecule has 0 spiro atoms. The van der Waals surface area contributed by atoms with Gasteiger partial charge in [0.25, 0.3) is 0 Å². The second-order valence-electron chi connectivity index (χ2n) is 5.70. The molecule has 6 heteroatoms. The summed E-state index contributed by atoms with van der Waals surface area (Å²) in [6.45, 7) is 2.76. The van der Waals surface area contributed by atoms with Gasteiger partial charge in [0.2, 0.25) is 0 Å². The number of halogens is 1. The van der Waals surface area contributed by atoms with Crippen molar-refractivity contribution < 1.29 is 0 Å². The van der Waals surface area contributed by atoms with Gasteiger partial charge in [-0.2, -0.15) is 0 Å². The van der Waals surface area contributed by atoms with Crippen LogP contribution < -0.4 is 5.32 Å². The highest BCUT2D eigenvalue weighted by atomic mass is 127. The molecule has 3 rings (SSSR count). The molecule has 1 aromatic carbocycles. The Morgan fingerprint density at radius 2 is 2.13 bits per heavy atom. The summed E-state index contributed by atoms with van der Waals surface area (Å²) < 4.78 is 2.02. The Hall–Kier alpha value is -1.57. The number of benzene rings is 1. The van der Waals surface area contributed by atoms with E-state index in [1.807, 2.05) is 31.1 Å². The number of nitrogens with zero attached hydrogens (tertiary/aromatic N) is 4. The predicted octanol–water partition coefficient (Wildman–Crippen LogP) is 2.60. The van der Waals surface area contributed by atoms with E-state index in [0.717, 1.165) is 24.9 Å². The molecule has 0 aliphatic carbocycles. The number of hydrogen-bond donors (Lipinski definition) is 1. The van der Waals surface area contributed by atoms with E-state index in [1.165, 1.54) is 12.0 Å². The normalized spacial score (nSPS) is 17.9. The first kappa shape index (κ1) is 17.8. The Balaban J connectivity index is 0.00000192. The molecule has 2 heterocycles. The predicted molar refractivity (Wildman–Crippen MR) is 104 cm³/mol. The molecule has 1 atom stereocenters. The zero-order valence-corrected chi connectivity index (χ0v) is 16.0. The number of imidazole rings is 1. The van der Waals surface area contributed by atoms with Crippen molar-refractivity contribution in [3.63, 3.8) is 0 Å². The van der Waals surface area contributed by atoms with Gasteiger partial charge in [0.1, 0.15) is 5.82 Å². The van der Waals surface area contributed by atoms with Gasteiger partial charge >= 0.3 is 0 Å². The van der Waals surface area contributed by atoms with E-state index in [1.54, 1.807) is 0 Å². The van der Waals surface area contributed by atoms with Crippen molar-refractivity contribution >= 4 is 29.9 Å². The molecule has 124 valence electrons. The number of hydrogen-bond acceptors (Lipinski definition) is 2. The van der Waals surface area contributed by atoms with Crippen LogP contribution in [0.25, 0.3) is 0 Å². The van der Waals surface area contributed by atoms with E-state index in [2.05, 4.69) is 50.5 Å². The van der Waals surface area contributed by atoms with Crippen LogP contribution in [0.5, 0.6) is 0 Å². The van der Waals surface area contributed by atoms with Crippen LogP contribution in [0.4, 0.5) is 0 Å². The van der Waals surface area contributed by atoms with Crippen molar-refractivity contribution in [2.24, 2.45) is 12.0 Å². The molecular weight excluding hydrogens is 401 g/mol. The molecule has 0 bridgehead atoms. The molecule has 1 saturated heterocycles. The van der Waals surface area contributed by atoms with E-state index in [4.69, 9.17) is 0 Å². The second-order valence-corrected chi connectivity index (χ2v) is 5.70. The monoisotopic (exact) mass is 425 g/mol. The number of aliphatic imine (C=N–C) groups is 1. The smallest absolute Gasteiger partial charge is 0.194 e. The first-order chi connectivity index (χ1) is 10.8. The molecular formula is C17H24IN5. The molecule has 1 fully saturated rings. The van der Waals surface area contributed by atoms with E-state index < -0.39 is 0 Å². The summed E-state index contributed by atoms with van der Waals surface area (Å²) in [6.07, 6.45) is 4.95. The quantitative estimate of drug-likeness (QED) is 0.467. The standard InChI is InChI=1S/C17H23N5.HI/c1-18-17(20-12-16-19-9-11-21(16)2)22-10-8-15(13-22)14-6-4-3-5-7-14;/h3-7,9,11,15H,8,10,12-13H2,1-2H3,(H,18,20);1H. The lowest BCUT2D eigenvalue weighted by Gasteiger charge is -2.21. The lowest BCUT2D eigenvalue weighted by atomic mass is 9.99. The molecule has 5 nitrogen and oxygen atoms in total. The fourth-order valence-corrected chi connectivity index (χ4v) is 3.01. The van der Waals surface area contributed by atoms with Gasteiger partial charge in [-0.25, -0.2) is 4.98 Å². The SMILES string of the molecule is CN=C(NCc1nccn1C)N1CCC(c2ccccc2)C1.I. The third-order valence-corrected chi connectivity index (χ3v) is 4.30. The van der Waals surface area contributed by atoms with Crippen LogP contribution in [0.2, 0.25) is 0 Å². The van der Waals surface area contributed by atoms with Crippen LogP contribution in [0.1, 0.15) is 23.7 Å². The first-order valence-corrected chi connectivity index (χ1v) is 7.74. The van der Waals surface area contributed by atoms with Gasteiger partial charge in [0.05, 0.1) is 6.54 Å². The maximum Gasteiger partial charge on any atom is 0.194 e. The first-order valence-electron chi connectivity index (χ1n) is 7.74. The highest BCUT2D eigenvalue weighted by Gasteiger charge is 2.25. The fraction of sp³-hybridized carbons (Fsp3) is 0.412. The number of aryl methyl sites for hydroxylation is 1. The zero-order valence-electron chi connectivity index (χ0n) is 13.6. The number of likely N-dealkylation sites (tertiary alicyclic amines) is 1. The summed E-state index contributed by atoms with van der Waals surface area (Å²) in [7, 11) is 3.85. The topological polar surface area (TPSA) is 45.5 Å². The van der Waals surface area contributed by atoms with Crippen LogP contribution in [0.15, 0.2) is 47.7 Å². The van der Waals surface area contributed by atoms with Gasteiger partial charge in [-0.05, 0) is 12.0 Å². The van der Waals surface area contributed by atoms with Crippen molar-refractivity contribution in [1.82, 2.24) is 19.8 Å². The van der Waals surface area contributed by atoms with Crippen molar-refractivity contribution in [3.05, 3.63) is 54.1 Å². The zero-order chi connectivity index (χ0) is 15.4. The third-order valence-electron chi connectivity index (χ3n) is 4.30. The van der Waals surface area contributed by atoms with Gasteiger partial charge in [-0.1, -0.05) is 30.3 Å². The minimum Gasteiger partial charge on any atom is -0.349 e. The van der Waals surface area contributed by atoms with E-state index in [0.29, 0.717) is 12.5 Å². The molecule has 1 unspecified atom stereocenters. The maximum absolute atomic E-state index is 4.42. The van der Waals surface area contributed by atoms with Crippen LogP contribution >= 0.6 is 24.0 Å². The average molecular weight is 425 g/mol. The van der Waals surface area contributed by atoms with Crippen LogP contribution in [0, 0.1) is 0 Å². The third kappa shape index (κ3) is 4.25. The second kappa shape index (κ2) is 8.33. The molecule has 1 N–H and O–H groups in total. The molecule has 1 aromatic heterocycles. The number of rotatable bonds is 3. The molecule has 0 radical (unpaired) electrons. The van der Waals surface area contributed by atoms with Gasteiger partial charge in [0.15, 0.2) is 5.96 Å². The highest BCUT2D eigenvalue weighted by molar-refractivity contribution is 14.0. The van der Waals surface area contributed by atoms with Gasteiger partial charge in [-0.3, -0.25) is 4.99 Å². The Bertz CT molecular complexity index is 637. The molecule has 0 saturated carbocycles. The minimum atomic E-state index is 0. The number of guanidine groups is 1. The van der Waals surface area contributed by atoms with Crippen molar-refractivity contribution in [3.8, 4) is 0 Å². The molecule has 23 heavy (non-hydrogen) atoms. The largest absolute Gasteiger partial charge is 0.349 e. The maximum atomic E-state index is 4.42. The number of nitrogens with one attached hydrogen (secondary N) is 1. The van der Waals surface area contributed by atoms with E-state index >= 15 is 0 Å².